The van der Waals surface area contributed by atoms with E-state index in [1.807, 2.05) is 24.3 Å². The Morgan fingerprint density at radius 1 is 0.558 bits per heavy atom. The molecule has 0 N–H and O–H groups in total. The van der Waals surface area contributed by atoms with E-state index in [1.54, 1.807) is 42.7 Å². The molecule has 2 aliphatic rings. The average molecular weight is 840 g/mol. The van der Waals surface area contributed by atoms with Gasteiger partial charge in [0.15, 0.2) is 0 Å². The summed E-state index contributed by atoms with van der Waals surface area (Å²) in [5, 5.41) is 0. The van der Waals surface area contributed by atoms with Crippen molar-refractivity contribution >= 4 is 35.1 Å². The van der Waals surface area contributed by atoms with Gasteiger partial charge in [-0.3, -0.25) is 0 Å². The quantitative estimate of drug-likeness (QED) is 0.125. The van der Waals surface area contributed by atoms with E-state index in [1.165, 1.54) is 33.4 Å². The van der Waals surface area contributed by atoms with Gasteiger partial charge in [0.1, 0.15) is 0 Å². The molecule has 0 bridgehead atoms. The summed E-state index contributed by atoms with van der Waals surface area (Å²) in [6, 6.07) is 21.2. The molecule has 0 saturated heterocycles. The van der Waals surface area contributed by atoms with Gasteiger partial charge >= 0.3 is 320 Å². The summed E-state index contributed by atoms with van der Waals surface area (Å²) >= 11 is -4.99. The maximum atomic E-state index is 8.65. The number of benzene rings is 4. The predicted molar refractivity (Wildman–Crippen MR) is 216 cm³/mol. The average Bonchev–Trinajstić information content (AvgIpc) is 3.76. The van der Waals surface area contributed by atoms with Crippen molar-refractivity contribution in [1.29, 1.82) is 0 Å². The fourth-order valence-corrected chi connectivity index (χ4v) is 40.4. The van der Waals surface area contributed by atoms with Crippen LogP contribution < -0.4 is 28.4 Å². The summed E-state index contributed by atoms with van der Waals surface area (Å²) in [6.45, 7) is 9.23. The number of fused-ring (bicyclic) bond motifs is 2. The van der Waals surface area contributed by atoms with Gasteiger partial charge in [-0.05, 0) is 0 Å². The van der Waals surface area contributed by atoms with E-state index < -0.39 is 21.5 Å². The van der Waals surface area contributed by atoms with E-state index in [0.29, 0.717) is 34.5 Å². The molecule has 2 aliphatic carbocycles. The number of hydrogen-bond acceptors (Lipinski definition) is 6. The van der Waals surface area contributed by atoms with Crippen LogP contribution in [0, 0.1) is 0 Å². The second-order valence-corrected chi connectivity index (χ2v) is 56.3. The molecular formula is C42H49Cl2O6SiZr. The molecule has 0 radical (unpaired) electrons. The number of rotatable bonds is 13. The zero-order chi connectivity index (χ0) is 37.6. The molecule has 0 amide bonds. The Labute approximate surface area is 317 Å². The van der Waals surface area contributed by atoms with Gasteiger partial charge in [0.2, 0.25) is 0 Å². The summed E-state index contributed by atoms with van der Waals surface area (Å²) in [7, 11) is 27.1. The minimum absolute atomic E-state index is 0.0332. The third kappa shape index (κ3) is 5.93. The molecule has 0 aliphatic heterocycles. The van der Waals surface area contributed by atoms with Crippen molar-refractivity contribution in [3.63, 3.8) is 0 Å². The first-order chi connectivity index (χ1) is 24.9. The van der Waals surface area contributed by atoms with Crippen molar-refractivity contribution in [3.8, 4) is 56.8 Å². The minimum atomic E-state index is -4.99. The Hall–Kier alpha value is -3.16. The van der Waals surface area contributed by atoms with Crippen LogP contribution in [0.4, 0.5) is 0 Å². The molecule has 4 aromatic rings. The van der Waals surface area contributed by atoms with Gasteiger partial charge in [0, 0.05) is 0 Å². The van der Waals surface area contributed by atoms with Crippen LogP contribution in [0.15, 0.2) is 71.8 Å². The van der Waals surface area contributed by atoms with Gasteiger partial charge in [0.05, 0.1) is 0 Å². The SMILES string of the molecule is CCC1=Cc2c(-c3cc(OC)c(OC)c(OC)c3)cccc2[CH]1[Zr]([Cl])([Cl])([CH]1C(CC)=Cc2c(-c3cc(OC)c(OC)c(OC)c3)cccc21)[SiH](C)C. The van der Waals surface area contributed by atoms with Crippen LogP contribution in [0.5, 0.6) is 34.5 Å². The summed E-state index contributed by atoms with van der Waals surface area (Å²) in [5.74, 6) is 1.83. The van der Waals surface area contributed by atoms with Crippen LogP contribution in [-0.2, 0) is 15.6 Å². The van der Waals surface area contributed by atoms with Crippen LogP contribution in [0.1, 0.15) is 56.2 Å². The monoisotopic (exact) mass is 837 g/mol. The Morgan fingerprint density at radius 3 is 1.17 bits per heavy atom. The molecule has 2 atom stereocenters. The number of ether oxygens (including phenoxy) is 6. The number of allylic oxidation sites excluding steroid dienone is 2. The molecule has 10 heteroatoms. The van der Waals surface area contributed by atoms with Crippen LogP contribution in [0.2, 0.25) is 13.1 Å². The fourth-order valence-electron chi connectivity index (χ4n) is 8.65. The maximum absolute atomic E-state index is 8.65. The summed E-state index contributed by atoms with van der Waals surface area (Å²) < 4.78 is 34.3. The molecule has 0 aromatic heterocycles. The molecule has 275 valence electrons. The summed E-state index contributed by atoms with van der Waals surface area (Å²) in [6.07, 6.45) is 6.44. The fraction of sp³-hybridized carbons (Fsp3) is 0.333. The second kappa shape index (κ2) is 14.9. The van der Waals surface area contributed by atoms with Crippen molar-refractivity contribution in [2.24, 2.45) is 0 Å². The van der Waals surface area contributed by atoms with Crippen LogP contribution in [-0.4, -0.2) is 48.6 Å². The van der Waals surface area contributed by atoms with Crippen molar-refractivity contribution < 1.29 is 44.0 Å². The van der Waals surface area contributed by atoms with E-state index in [0.717, 1.165) is 35.1 Å². The van der Waals surface area contributed by atoms with Crippen molar-refractivity contribution in [2.45, 2.75) is 47.0 Å². The normalized spacial score (nSPS) is 17.1. The Kier molecular flexibility index (Phi) is 11.1. The zero-order valence-corrected chi connectivity index (χ0v) is 36.9. The van der Waals surface area contributed by atoms with Crippen LogP contribution in [0.25, 0.3) is 34.4 Å². The van der Waals surface area contributed by atoms with Crippen LogP contribution >= 0.6 is 17.0 Å². The van der Waals surface area contributed by atoms with Gasteiger partial charge in [-0.2, -0.15) is 0 Å². The summed E-state index contributed by atoms with van der Waals surface area (Å²) in [5.41, 5.74) is 11.6. The third-order valence-corrected chi connectivity index (χ3v) is 63.1. The molecule has 0 spiro atoms. The molecule has 0 heterocycles. The van der Waals surface area contributed by atoms with E-state index in [9.17, 15) is 0 Å². The third-order valence-electron chi connectivity index (χ3n) is 11.3. The number of hydrogen-bond donors (Lipinski definition) is 0. The zero-order valence-electron chi connectivity index (χ0n) is 31.8. The first-order valence-corrected chi connectivity index (χ1v) is 34.1. The first-order valence-electron chi connectivity index (χ1n) is 17.8. The molecule has 0 fully saturated rings. The van der Waals surface area contributed by atoms with Gasteiger partial charge in [-0.25, -0.2) is 0 Å². The Morgan fingerprint density at radius 2 is 0.904 bits per heavy atom. The molecule has 52 heavy (non-hydrogen) atoms. The van der Waals surface area contributed by atoms with Crippen molar-refractivity contribution in [2.75, 3.05) is 42.7 Å². The molecule has 6 nitrogen and oxygen atoms in total. The molecular weight excluding hydrogens is 791 g/mol. The Balaban J connectivity index is 1.57. The molecule has 2 unspecified atom stereocenters. The first kappa shape index (κ1) is 38.6. The number of halogens is 2. The van der Waals surface area contributed by atoms with Crippen molar-refractivity contribution in [1.82, 2.24) is 0 Å². The summed E-state index contributed by atoms with van der Waals surface area (Å²) in [4.78, 5) is 0. The van der Waals surface area contributed by atoms with Crippen LogP contribution in [0.3, 0.4) is 0 Å². The van der Waals surface area contributed by atoms with E-state index in [-0.39, 0.29) is 7.25 Å². The standard InChI is InChI=1S/2C20H21O3.C2H7Si.2ClH.Zr/c2*1-5-13-9-14-7-6-8-16(17(14)10-13)15-11-18(21-2)20(23-4)19(12-15)22-3;1-3-2;;;/h2*6-12H,5H2,1-4H3;3H,1-2H3;2*1H;/q;;;;;+2/p-2. The molecule has 0 saturated carbocycles. The second-order valence-electron chi connectivity index (χ2n) is 13.8. The Bertz CT molecular complexity index is 1900. The topological polar surface area (TPSA) is 55.4 Å². The van der Waals surface area contributed by atoms with Crippen molar-refractivity contribution in [3.05, 3.63) is 94.1 Å². The van der Waals surface area contributed by atoms with Gasteiger partial charge < -0.3 is 0 Å². The van der Waals surface area contributed by atoms with E-state index in [2.05, 4.69) is 75.5 Å². The van der Waals surface area contributed by atoms with Gasteiger partial charge in [0.25, 0.3) is 0 Å². The van der Waals surface area contributed by atoms with Gasteiger partial charge in [-0.1, -0.05) is 0 Å². The molecule has 4 aromatic carbocycles. The number of methoxy groups -OCH3 is 6. The molecule has 6 rings (SSSR count). The van der Waals surface area contributed by atoms with Gasteiger partial charge in [-0.15, -0.1) is 0 Å². The predicted octanol–water partition coefficient (Wildman–Crippen LogP) is 11.4. The van der Waals surface area contributed by atoms with E-state index >= 15 is 0 Å². The van der Waals surface area contributed by atoms with E-state index in [4.69, 9.17) is 45.4 Å².